The van der Waals surface area contributed by atoms with E-state index in [0.717, 1.165) is 6.54 Å². The molecule has 0 radical (unpaired) electrons. The quantitative estimate of drug-likeness (QED) is 0.441. The highest BCUT2D eigenvalue weighted by Crippen LogP contribution is 2.16. The van der Waals surface area contributed by atoms with Crippen LogP contribution in [0.4, 0.5) is 10.1 Å². The second-order valence-electron chi connectivity index (χ2n) is 5.72. The molecule has 0 spiro atoms. The van der Waals surface area contributed by atoms with Gasteiger partial charge in [-0.15, -0.1) is 0 Å². The maximum absolute atomic E-state index is 12.9. The lowest BCUT2D eigenvalue weighted by Gasteiger charge is -2.11. The van der Waals surface area contributed by atoms with Gasteiger partial charge < -0.3 is 15.6 Å². The molecule has 2 rings (SSSR count). The van der Waals surface area contributed by atoms with Gasteiger partial charge in [0.05, 0.1) is 5.69 Å². The first kappa shape index (κ1) is 18.5. The standard InChI is InChI=1S/C19H21FN4O/c1-24(2)12-11-22-19(25)16-8-7-15(18(13-16)23-21)6-3-14-4-9-17(20)10-5-14/h4-5,7-10,13,23H,11-12,21H2,1-2H3,(H,22,25). The zero-order valence-electron chi connectivity index (χ0n) is 14.3. The van der Waals surface area contributed by atoms with Gasteiger partial charge in [-0.1, -0.05) is 11.8 Å². The Kier molecular flexibility index (Phi) is 6.52. The smallest absolute Gasteiger partial charge is 0.251 e. The predicted molar refractivity (Wildman–Crippen MR) is 97.5 cm³/mol. The van der Waals surface area contributed by atoms with Gasteiger partial charge in [-0.05, 0) is 56.6 Å². The summed E-state index contributed by atoms with van der Waals surface area (Å²) in [4.78, 5) is 14.1. The number of carbonyl (C=O) groups excluding carboxylic acids is 1. The number of likely N-dealkylation sites (N-methyl/N-ethyl adjacent to an activating group) is 1. The van der Waals surface area contributed by atoms with Crippen LogP contribution in [-0.2, 0) is 0 Å². The normalized spacial score (nSPS) is 10.1. The summed E-state index contributed by atoms with van der Waals surface area (Å²) >= 11 is 0. The second kappa shape index (κ2) is 8.83. The van der Waals surface area contributed by atoms with Gasteiger partial charge in [-0.2, -0.15) is 0 Å². The van der Waals surface area contributed by atoms with Crippen LogP contribution in [0, 0.1) is 17.7 Å². The van der Waals surface area contributed by atoms with Crippen LogP contribution in [0.5, 0.6) is 0 Å². The molecule has 4 N–H and O–H groups in total. The maximum Gasteiger partial charge on any atom is 0.251 e. The molecular weight excluding hydrogens is 319 g/mol. The number of anilines is 1. The number of carbonyl (C=O) groups is 1. The third-order valence-corrected chi connectivity index (χ3v) is 3.47. The van der Waals surface area contributed by atoms with Gasteiger partial charge in [0.25, 0.3) is 5.91 Å². The van der Waals surface area contributed by atoms with Gasteiger partial charge in [0, 0.05) is 29.8 Å². The van der Waals surface area contributed by atoms with E-state index in [0.29, 0.717) is 28.9 Å². The fourth-order valence-electron chi connectivity index (χ4n) is 2.08. The number of rotatable bonds is 5. The molecule has 0 fully saturated rings. The lowest BCUT2D eigenvalue weighted by atomic mass is 10.1. The molecule has 1 amide bonds. The number of nitrogens with two attached hydrogens (primary N) is 1. The SMILES string of the molecule is CN(C)CCNC(=O)c1ccc(C#Cc2ccc(F)cc2)c(NN)c1. The zero-order valence-corrected chi connectivity index (χ0v) is 14.3. The molecular formula is C19H21FN4O. The molecule has 2 aromatic rings. The molecule has 2 aromatic carbocycles. The van der Waals surface area contributed by atoms with Crippen molar-refractivity contribution in [3.63, 3.8) is 0 Å². The summed E-state index contributed by atoms with van der Waals surface area (Å²) in [5.41, 5.74) is 4.95. The molecule has 0 bridgehead atoms. The van der Waals surface area contributed by atoms with E-state index in [2.05, 4.69) is 22.6 Å². The molecule has 0 aliphatic heterocycles. The van der Waals surface area contributed by atoms with Gasteiger partial charge in [0.1, 0.15) is 5.82 Å². The van der Waals surface area contributed by atoms with Crippen molar-refractivity contribution in [1.82, 2.24) is 10.2 Å². The minimum Gasteiger partial charge on any atom is -0.351 e. The average molecular weight is 340 g/mol. The molecule has 0 atom stereocenters. The van der Waals surface area contributed by atoms with Gasteiger partial charge >= 0.3 is 0 Å². The highest BCUT2D eigenvalue weighted by molar-refractivity contribution is 5.95. The minimum absolute atomic E-state index is 0.170. The number of hydrazine groups is 1. The van der Waals surface area contributed by atoms with Crippen LogP contribution in [0.15, 0.2) is 42.5 Å². The molecule has 6 heteroatoms. The second-order valence-corrected chi connectivity index (χ2v) is 5.72. The molecule has 5 nitrogen and oxygen atoms in total. The van der Waals surface area contributed by atoms with Crippen molar-refractivity contribution in [3.8, 4) is 11.8 Å². The van der Waals surface area contributed by atoms with Crippen molar-refractivity contribution in [3.05, 3.63) is 65.0 Å². The topological polar surface area (TPSA) is 70.4 Å². The third-order valence-electron chi connectivity index (χ3n) is 3.47. The van der Waals surface area contributed by atoms with E-state index in [-0.39, 0.29) is 11.7 Å². The lowest BCUT2D eigenvalue weighted by Crippen LogP contribution is -2.31. The molecule has 0 aliphatic carbocycles. The first-order chi connectivity index (χ1) is 12.0. The summed E-state index contributed by atoms with van der Waals surface area (Å²) in [6.07, 6.45) is 0. The number of amides is 1. The Morgan fingerprint density at radius 2 is 1.88 bits per heavy atom. The Balaban J connectivity index is 2.14. The fourth-order valence-corrected chi connectivity index (χ4v) is 2.08. The largest absolute Gasteiger partial charge is 0.351 e. The first-order valence-corrected chi connectivity index (χ1v) is 7.81. The highest BCUT2D eigenvalue weighted by atomic mass is 19.1. The van der Waals surface area contributed by atoms with Gasteiger partial charge in [-0.25, -0.2) is 4.39 Å². The summed E-state index contributed by atoms with van der Waals surface area (Å²) in [5.74, 6) is 11.0. The average Bonchev–Trinajstić information content (AvgIpc) is 2.60. The minimum atomic E-state index is -0.306. The number of halogens is 1. The van der Waals surface area contributed by atoms with E-state index < -0.39 is 0 Å². The van der Waals surface area contributed by atoms with Crippen LogP contribution in [-0.4, -0.2) is 38.0 Å². The lowest BCUT2D eigenvalue weighted by molar-refractivity contribution is 0.0951. The Labute approximate surface area is 147 Å². The third kappa shape index (κ3) is 5.60. The van der Waals surface area contributed by atoms with Gasteiger partial charge in [0.15, 0.2) is 0 Å². The van der Waals surface area contributed by atoms with E-state index in [4.69, 9.17) is 5.84 Å². The molecule has 0 saturated heterocycles. The number of hydrogen-bond donors (Lipinski definition) is 3. The number of nitrogens with zero attached hydrogens (tertiary/aromatic N) is 1. The number of nitrogen functional groups attached to an aromatic ring is 1. The summed E-state index contributed by atoms with van der Waals surface area (Å²) in [6, 6.07) is 11.0. The van der Waals surface area contributed by atoms with Crippen LogP contribution < -0.4 is 16.6 Å². The maximum atomic E-state index is 12.9. The van der Waals surface area contributed by atoms with Crippen LogP contribution in [0.3, 0.4) is 0 Å². The monoisotopic (exact) mass is 340 g/mol. The first-order valence-electron chi connectivity index (χ1n) is 7.81. The molecule has 0 unspecified atom stereocenters. The fraction of sp³-hybridized carbons (Fsp3) is 0.211. The van der Waals surface area contributed by atoms with Crippen LogP contribution >= 0.6 is 0 Å². The molecule has 130 valence electrons. The van der Waals surface area contributed by atoms with E-state index in [9.17, 15) is 9.18 Å². The van der Waals surface area contributed by atoms with Crippen molar-refractivity contribution in [2.75, 3.05) is 32.6 Å². The molecule has 0 heterocycles. The Bertz CT molecular complexity index is 791. The van der Waals surface area contributed by atoms with E-state index in [1.54, 1.807) is 30.3 Å². The van der Waals surface area contributed by atoms with Crippen molar-refractivity contribution < 1.29 is 9.18 Å². The molecule has 0 saturated carbocycles. The molecule has 0 aliphatic rings. The van der Waals surface area contributed by atoms with Crippen molar-refractivity contribution >= 4 is 11.6 Å². The zero-order chi connectivity index (χ0) is 18.2. The Hall–Kier alpha value is -2.88. The summed E-state index contributed by atoms with van der Waals surface area (Å²) in [7, 11) is 3.88. The summed E-state index contributed by atoms with van der Waals surface area (Å²) in [6.45, 7) is 1.32. The van der Waals surface area contributed by atoms with Crippen LogP contribution in [0.1, 0.15) is 21.5 Å². The van der Waals surface area contributed by atoms with Crippen LogP contribution in [0.2, 0.25) is 0 Å². The number of benzene rings is 2. The Morgan fingerprint density at radius 3 is 2.52 bits per heavy atom. The van der Waals surface area contributed by atoms with E-state index in [1.165, 1.54) is 12.1 Å². The molecule has 0 aromatic heterocycles. The van der Waals surface area contributed by atoms with E-state index >= 15 is 0 Å². The molecule has 25 heavy (non-hydrogen) atoms. The van der Waals surface area contributed by atoms with Crippen LogP contribution in [0.25, 0.3) is 0 Å². The van der Waals surface area contributed by atoms with Crippen molar-refractivity contribution in [2.24, 2.45) is 5.84 Å². The summed E-state index contributed by atoms with van der Waals surface area (Å²) < 4.78 is 12.9. The number of nitrogens with one attached hydrogen (secondary N) is 2. The summed E-state index contributed by atoms with van der Waals surface area (Å²) in [5, 5.41) is 2.84. The number of hydrogen-bond acceptors (Lipinski definition) is 4. The predicted octanol–water partition coefficient (Wildman–Crippen LogP) is 1.80. The van der Waals surface area contributed by atoms with Crippen molar-refractivity contribution in [1.29, 1.82) is 0 Å². The Morgan fingerprint density at radius 1 is 1.16 bits per heavy atom. The van der Waals surface area contributed by atoms with E-state index in [1.807, 2.05) is 19.0 Å². The van der Waals surface area contributed by atoms with Crippen molar-refractivity contribution in [2.45, 2.75) is 0 Å². The highest BCUT2D eigenvalue weighted by Gasteiger charge is 2.08. The van der Waals surface area contributed by atoms with Gasteiger partial charge in [0.2, 0.25) is 0 Å². The van der Waals surface area contributed by atoms with Gasteiger partial charge in [-0.3, -0.25) is 10.6 Å².